The fourth-order valence-electron chi connectivity index (χ4n) is 5.19. The van der Waals surface area contributed by atoms with Crippen molar-refractivity contribution >= 4 is 17.1 Å². The number of fused-ring (bicyclic) bond motifs is 3. The van der Waals surface area contributed by atoms with Crippen LogP contribution in [0.25, 0.3) is 11.1 Å². The summed E-state index contributed by atoms with van der Waals surface area (Å²) in [5.41, 5.74) is 1.60. The minimum Gasteiger partial charge on any atom is -0.424 e. The second-order valence-corrected chi connectivity index (χ2v) is 7.88. The number of aliphatic hydroxyl groups excluding tert-OH is 1. The third-order valence-electron chi connectivity index (χ3n) is 6.28. The first-order chi connectivity index (χ1) is 12.7. The van der Waals surface area contributed by atoms with Gasteiger partial charge in [0.05, 0.1) is 6.10 Å². The van der Waals surface area contributed by atoms with Crippen molar-refractivity contribution in [1.29, 1.82) is 0 Å². The standard InChI is InChI=1S/C20H26N4O2/c25-15-9-6-8-14-17(15)20(11-4-1-5-12-20)24-18(21-14)23-19-22-13-7-2-3-10-16(13)26-19/h2-3,6-7,9-10,14-15,17-18,21,24-25H,1,4-5,8,11-12H2,(H,22,23)/t14-,15-,17+,18-/m0/s1. The van der Waals surface area contributed by atoms with Gasteiger partial charge in [-0.25, -0.2) is 0 Å². The number of nitrogens with one attached hydrogen (secondary N) is 3. The summed E-state index contributed by atoms with van der Waals surface area (Å²) < 4.78 is 5.84. The lowest BCUT2D eigenvalue weighted by molar-refractivity contribution is -0.0189. The zero-order valence-corrected chi connectivity index (χ0v) is 14.8. The van der Waals surface area contributed by atoms with Gasteiger partial charge in [0, 0.05) is 17.5 Å². The second-order valence-electron chi connectivity index (χ2n) is 7.88. The average molecular weight is 354 g/mol. The summed E-state index contributed by atoms with van der Waals surface area (Å²) >= 11 is 0. The normalized spacial score (nSPS) is 33.3. The summed E-state index contributed by atoms with van der Waals surface area (Å²) in [5, 5.41) is 21.5. The maximum Gasteiger partial charge on any atom is 0.297 e. The number of nitrogens with zero attached hydrogens (tertiary/aromatic N) is 1. The molecule has 26 heavy (non-hydrogen) atoms. The van der Waals surface area contributed by atoms with Gasteiger partial charge in [-0.1, -0.05) is 43.5 Å². The molecule has 1 saturated carbocycles. The van der Waals surface area contributed by atoms with Crippen LogP contribution in [0.5, 0.6) is 0 Å². The Hall–Kier alpha value is -1.89. The Morgan fingerprint density at radius 2 is 2.04 bits per heavy atom. The molecule has 2 aliphatic carbocycles. The van der Waals surface area contributed by atoms with Crippen molar-refractivity contribution in [2.24, 2.45) is 5.92 Å². The molecule has 6 heteroatoms. The molecule has 6 nitrogen and oxygen atoms in total. The first kappa shape index (κ1) is 16.3. The molecule has 1 aromatic carbocycles. The number of para-hydroxylation sites is 2. The molecule has 1 aromatic heterocycles. The van der Waals surface area contributed by atoms with Crippen molar-refractivity contribution in [3.8, 4) is 0 Å². The Balaban J connectivity index is 1.42. The largest absolute Gasteiger partial charge is 0.424 e. The number of anilines is 1. The van der Waals surface area contributed by atoms with E-state index in [9.17, 15) is 5.11 Å². The number of rotatable bonds is 2. The molecule has 138 valence electrons. The number of aliphatic hydroxyl groups is 1. The lowest BCUT2D eigenvalue weighted by atomic mass is 9.64. The third-order valence-corrected chi connectivity index (χ3v) is 6.28. The van der Waals surface area contributed by atoms with Crippen molar-refractivity contribution in [2.75, 3.05) is 5.32 Å². The molecule has 2 heterocycles. The number of hydrogen-bond acceptors (Lipinski definition) is 6. The quantitative estimate of drug-likeness (QED) is 0.621. The molecule has 0 unspecified atom stereocenters. The molecule has 1 aliphatic heterocycles. The van der Waals surface area contributed by atoms with Gasteiger partial charge in [-0.15, -0.1) is 0 Å². The maximum absolute atomic E-state index is 10.7. The van der Waals surface area contributed by atoms with E-state index in [4.69, 9.17) is 4.42 Å². The van der Waals surface area contributed by atoms with Gasteiger partial charge >= 0.3 is 0 Å². The van der Waals surface area contributed by atoms with Crippen LogP contribution in [0.1, 0.15) is 38.5 Å². The monoisotopic (exact) mass is 354 g/mol. The van der Waals surface area contributed by atoms with Crippen molar-refractivity contribution in [2.45, 2.75) is 62.5 Å². The average Bonchev–Trinajstić information content (AvgIpc) is 3.04. The van der Waals surface area contributed by atoms with E-state index in [0.29, 0.717) is 6.01 Å². The Kier molecular flexibility index (Phi) is 3.99. The molecule has 0 amide bonds. The Morgan fingerprint density at radius 1 is 1.19 bits per heavy atom. The van der Waals surface area contributed by atoms with Crippen LogP contribution in [0, 0.1) is 5.92 Å². The van der Waals surface area contributed by atoms with E-state index in [0.717, 1.165) is 30.4 Å². The smallest absolute Gasteiger partial charge is 0.297 e. The fourth-order valence-corrected chi connectivity index (χ4v) is 5.19. The maximum atomic E-state index is 10.7. The molecule has 2 fully saturated rings. The summed E-state index contributed by atoms with van der Waals surface area (Å²) in [5.74, 6) is 0.203. The first-order valence-electron chi connectivity index (χ1n) is 9.74. The molecular weight excluding hydrogens is 328 g/mol. The number of hydrogen-bond donors (Lipinski definition) is 4. The minimum atomic E-state index is -0.392. The highest BCUT2D eigenvalue weighted by atomic mass is 16.4. The topological polar surface area (TPSA) is 82.3 Å². The molecule has 5 rings (SSSR count). The van der Waals surface area contributed by atoms with Gasteiger partial charge in [0.1, 0.15) is 11.8 Å². The zero-order chi connectivity index (χ0) is 17.6. The minimum absolute atomic E-state index is 0.0397. The van der Waals surface area contributed by atoms with E-state index in [1.54, 1.807) is 0 Å². The first-order valence-corrected chi connectivity index (χ1v) is 9.74. The Morgan fingerprint density at radius 3 is 2.88 bits per heavy atom. The van der Waals surface area contributed by atoms with Gasteiger partial charge < -0.3 is 14.8 Å². The number of oxazole rings is 1. The summed E-state index contributed by atoms with van der Waals surface area (Å²) in [7, 11) is 0. The van der Waals surface area contributed by atoms with E-state index >= 15 is 0 Å². The van der Waals surface area contributed by atoms with Gasteiger partial charge in [-0.2, -0.15) is 4.98 Å². The van der Waals surface area contributed by atoms with Gasteiger partial charge in [0.2, 0.25) is 0 Å². The van der Waals surface area contributed by atoms with E-state index < -0.39 is 6.10 Å². The predicted octanol–water partition coefficient (Wildman–Crippen LogP) is 2.72. The number of benzene rings is 1. The Labute approximate surface area is 153 Å². The summed E-state index contributed by atoms with van der Waals surface area (Å²) in [6.07, 6.45) is 10.4. The van der Waals surface area contributed by atoms with Crippen molar-refractivity contribution in [3.63, 3.8) is 0 Å². The molecule has 2 aromatic rings. The van der Waals surface area contributed by atoms with Gasteiger partial charge in [-0.3, -0.25) is 10.6 Å². The van der Waals surface area contributed by atoms with Crippen LogP contribution in [0.3, 0.4) is 0 Å². The highest BCUT2D eigenvalue weighted by Gasteiger charge is 2.51. The SMILES string of the molecule is O[C@H]1C=CC[C@@H]2N[C@@H](Nc3nc4ccccc4o3)NC3(CCCCC3)[C@H]21. The molecular formula is C20H26N4O2. The van der Waals surface area contributed by atoms with Gasteiger partial charge in [0.15, 0.2) is 5.58 Å². The molecule has 1 saturated heterocycles. The van der Waals surface area contributed by atoms with Gasteiger partial charge in [0.25, 0.3) is 6.01 Å². The van der Waals surface area contributed by atoms with E-state index in [1.807, 2.05) is 30.3 Å². The van der Waals surface area contributed by atoms with Crippen LogP contribution in [-0.2, 0) is 0 Å². The Bertz CT molecular complexity index is 778. The summed E-state index contributed by atoms with van der Waals surface area (Å²) in [4.78, 5) is 4.54. The van der Waals surface area contributed by atoms with Crippen LogP contribution in [0.2, 0.25) is 0 Å². The van der Waals surface area contributed by atoms with Crippen LogP contribution >= 0.6 is 0 Å². The molecule has 3 aliphatic rings. The highest BCUT2D eigenvalue weighted by Crippen LogP contribution is 2.42. The second kappa shape index (κ2) is 6.37. The van der Waals surface area contributed by atoms with E-state index in [1.165, 1.54) is 19.3 Å². The third kappa shape index (κ3) is 2.73. The van der Waals surface area contributed by atoms with Crippen molar-refractivity contribution in [1.82, 2.24) is 15.6 Å². The van der Waals surface area contributed by atoms with E-state index in [-0.39, 0.29) is 23.8 Å². The summed E-state index contributed by atoms with van der Waals surface area (Å²) in [6.45, 7) is 0. The lowest BCUT2D eigenvalue weighted by Crippen LogP contribution is -2.74. The molecule has 4 atom stereocenters. The fraction of sp³-hybridized carbons (Fsp3) is 0.550. The number of aromatic nitrogens is 1. The molecule has 4 N–H and O–H groups in total. The highest BCUT2D eigenvalue weighted by molar-refractivity contribution is 5.74. The van der Waals surface area contributed by atoms with E-state index in [2.05, 4.69) is 27.0 Å². The van der Waals surface area contributed by atoms with Crippen molar-refractivity contribution < 1.29 is 9.52 Å². The van der Waals surface area contributed by atoms with Crippen LogP contribution in [-0.4, -0.2) is 34.1 Å². The molecule has 0 radical (unpaired) electrons. The van der Waals surface area contributed by atoms with Crippen LogP contribution < -0.4 is 16.0 Å². The zero-order valence-electron chi connectivity index (χ0n) is 14.8. The van der Waals surface area contributed by atoms with Crippen molar-refractivity contribution in [3.05, 3.63) is 36.4 Å². The van der Waals surface area contributed by atoms with Gasteiger partial charge in [-0.05, 0) is 31.4 Å². The molecule has 0 bridgehead atoms. The molecule has 1 spiro atoms. The lowest BCUT2D eigenvalue weighted by Gasteiger charge is -2.56. The van der Waals surface area contributed by atoms with Crippen LogP contribution in [0.15, 0.2) is 40.8 Å². The predicted molar refractivity (Wildman–Crippen MR) is 101 cm³/mol. The van der Waals surface area contributed by atoms with Crippen LogP contribution in [0.4, 0.5) is 6.01 Å². The summed E-state index contributed by atoms with van der Waals surface area (Å²) in [6, 6.07) is 8.56.